The van der Waals surface area contributed by atoms with E-state index in [-0.39, 0.29) is 24.2 Å². The topological polar surface area (TPSA) is 88.2 Å². The molecule has 2 aromatic carbocycles. The first kappa shape index (κ1) is 25.0. The van der Waals surface area contributed by atoms with Gasteiger partial charge in [-0.2, -0.15) is 0 Å². The zero-order valence-corrected chi connectivity index (χ0v) is 20.9. The molecule has 0 spiro atoms. The van der Waals surface area contributed by atoms with Crippen LogP contribution in [0.25, 0.3) is 0 Å². The van der Waals surface area contributed by atoms with Gasteiger partial charge in [0, 0.05) is 23.7 Å². The van der Waals surface area contributed by atoms with Gasteiger partial charge >= 0.3 is 0 Å². The highest BCUT2D eigenvalue weighted by molar-refractivity contribution is 7.99. The molecule has 0 saturated heterocycles. The number of carbonyl (C=O) groups excluding carboxylic acids is 1. The highest BCUT2D eigenvalue weighted by Gasteiger charge is 2.17. The molecular weight excluding hydrogens is 454 g/mol. The van der Waals surface area contributed by atoms with Crippen LogP contribution in [-0.2, 0) is 22.3 Å². The summed E-state index contributed by atoms with van der Waals surface area (Å²) in [4.78, 5) is 18.5. The standard InChI is InChI=1S/C25H29N3O3S2/c1-17(2)28-33(30,31)16-21-9-6-5-8-20(21)15-27-24(29)22-10-7-13-26-25(22)32-23-12-11-18(3)14-19(23)4/h5-14,17,28H,15-16H2,1-4H3,(H,27,29). The van der Waals surface area contributed by atoms with Crippen molar-refractivity contribution in [3.05, 3.63) is 88.6 Å². The summed E-state index contributed by atoms with van der Waals surface area (Å²) in [7, 11) is -3.47. The van der Waals surface area contributed by atoms with Crippen molar-refractivity contribution in [3.8, 4) is 0 Å². The van der Waals surface area contributed by atoms with E-state index < -0.39 is 10.0 Å². The molecule has 0 saturated carbocycles. The number of hydrogen-bond donors (Lipinski definition) is 2. The molecule has 8 heteroatoms. The maximum absolute atomic E-state index is 13.0. The second kappa shape index (κ2) is 11.0. The Kier molecular flexibility index (Phi) is 8.29. The number of pyridine rings is 1. The Hall–Kier alpha value is -2.68. The van der Waals surface area contributed by atoms with Crippen LogP contribution in [0.15, 0.2) is 70.7 Å². The van der Waals surface area contributed by atoms with E-state index in [1.54, 1.807) is 44.3 Å². The number of benzene rings is 2. The number of rotatable bonds is 9. The molecule has 1 heterocycles. The van der Waals surface area contributed by atoms with Crippen LogP contribution in [-0.4, -0.2) is 25.4 Å². The van der Waals surface area contributed by atoms with Crippen molar-refractivity contribution in [1.82, 2.24) is 15.0 Å². The summed E-state index contributed by atoms with van der Waals surface area (Å²) in [6.45, 7) is 7.87. The van der Waals surface area contributed by atoms with Crippen molar-refractivity contribution < 1.29 is 13.2 Å². The average Bonchev–Trinajstić information content (AvgIpc) is 2.74. The monoisotopic (exact) mass is 483 g/mol. The van der Waals surface area contributed by atoms with E-state index in [4.69, 9.17) is 0 Å². The summed E-state index contributed by atoms with van der Waals surface area (Å²) in [6, 6.07) is 16.7. The third-order valence-electron chi connectivity index (χ3n) is 4.87. The van der Waals surface area contributed by atoms with E-state index in [0.717, 1.165) is 16.0 Å². The van der Waals surface area contributed by atoms with E-state index in [1.165, 1.54) is 17.3 Å². The van der Waals surface area contributed by atoms with E-state index in [2.05, 4.69) is 21.1 Å². The van der Waals surface area contributed by atoms with E-state index in [0.29, 0.717) is 16.2 Å². The van der Waals surface area contributed by atoms with Crippen LogP contribution >= 0.6 is 11.8 Å². The minimum Gasteiger partial charge on any atom is -0.348 e. The molecule has 174 valence electrons. The van der Waals surface area contributed by atoms with Crippen molar-refractivity contribution >= 4 is 27.7 Å². The van der Waals surface area contributed by atoms with Crippen LogP contribution < -0.4 is 10.0 Å². The Morgan fingerprint density at radius 1 is 1.03 bits per heavy atom. The van der Waals surface area contributed by atoms with Gasteiger partial charge in [-0.1, -0.05) is 53.7 Å². The van der Waals surface area contributed by atoms with Crippen LogP contribution in [0.5, 0.6) is 0 Å². The second-order valence-electron chi connectivity index (χ2n) is 8.21. The van der Waals surface area contributed by atoms with Crippen molar-refractivity contribution in [2.75, 3.05) is 0 Å². The molecule has 0 atom stereocenters. The molecule has 2 N–H and O–H groups in total. The third kappa shape index (κ3) is 7.15. The lowest BCUT2D eigenvalue weighted by Crippen LogP contribution is -2.32. The number of amides is 1. The van der Waals surface area contributed by atoms with Gasteiger partial charge in [0.1, 0.15) is 5.03 Å². The van der Waals surface area contributed by atoms with Gasteiger partial charge in [-0.25, -0.2) is 18.1 Å². The molecular formula is C25H29N3O3S2. The minimum absolute atomic E-state index is 0.141. The summed E-state index contributed by atoms with van der Waals surface area (Å²) < 4.78 is 27.4. The third-order valence-corrected chi connectivity index (χ3v) is 7.59. The largest absolute Gasteiger partial charge is 0.348 e. The molecule has 0 aliphatic heterocycles. The minimum atomic E-state index is -3.47. The van der Waals surface area contributed by atoms with Gasteiger partial charge in [-0.05, 0) is 62.6 Å². The highest BCUT2D eigenvalue weighted by Crippen LogP contribution is 2.31. The zero-order valence-electron chi connectivity index (χ0n) is 19.3. The number of nitrogens with zero attached hydrogens (tertiary/aromatic N) is 1. The number of aryl methyl sites for hydroxylation is 2. The van der Waals surface area contributed by atoms with Crippen LogP contribution in [0.4, 0.5) is 0 Å². The Morgan fingerprint density at radius 3 is 2.45 bits per heavy atom. The second-order valence-corrected chi connectivity index (χ2v) is 11.0. The summed E-state index contributed by atoms with van der Waals surface area (Å²) in [5.74, 6) is -0.397. The molecule has 1 amide bonds. The fraction of sp³-hybridized carbons (Fsp3) is 0.280. The van der Waals surface area contributed by atoms with Gasteiger partial charge in [-0.3, -0.25) is 4.79 Å². The Bertz CT molecular complexity index is 1240. The molecule has 6 nitrogen and oxygen atoms in total. The Labute approximate surface area is 200 Å². The average molecular weight is 484 g/mol. The first-order valence-corrected chi connectivity index (χ1v) is 13.2. The molecule has 0 radical (unpaired) electrons. The lowest BCUT2D eigenvalue weighted by atomic mass is 10.1. The van der Waals surface area contributed by atoms with Crippen molar-refractivity contribution in [3.63, 3.8) is 0 Å². The highest BCUT2D eigenvalue weighted by atomic mass is 32.2. The van der Waals surface area contributed by atoms with Crippen LogP contribution in [0.2, 0.25) is 0 Å². The fourth-order valence-corrected chi connectivity index (χ4v) is 5.85. The van der Waals surface area contributed by atoms with Gasteiger partial charge in [0.25, 0.3) is 5.91 Å². The van der Waals surface area contributed by atoms with E-state index in [1.807, 2.05) is 38.1 Å². The van der Waals surface area contributed by atoms with Gasteiger partial charge in [0.15, 0.2) is 0 Å². The summed E-state index contributed by atoms with van der Waals surface area (Å²) in [5, 5.41) is 3.55. The smallest absolute Gasteiger partial charge is 0.254 e. The van der Waals surface area contributed by atoms with Crippen LogP contribution in [0.3, 0.4) is 0 Å². The number of nitrogens with one attached hydrogen (secondary N) is 2. The fourth-order valence-electron chi connectivity index (χ4n) is 3.41. The molecule has 0 aliphatic rings. The lowest BCUT2D eigenvalue weighted by molar-refractivity contribution is 0.0947. The van der Waals surface area contributed by atoms with Crippen molar-refractivity contribution in [2.24, 2.45) is 0 Å². The molecule has 0 bridgehead atoms. The Balaban J connectivity index is 1.75. The lowest BCUT2D eigenvalue weighted by Gasteiger charge is -2.14. The van der Waals surface area contributed by atoms with Gasteiger partial charge in [-0.15, -0.1) is 0 Å². The first-order chi connectivity index (χ1) is 15.6. The summed E-state index contributed by atoms with van der Waals surface area (Å²) in [6.07, 6.45) is 1.67. The van der Waals surface area contributed by atoms with Crippen LogP contribution in [0, 0.1) is 13.8 Å². The normalized spacial score (nSPS) is 11.5. The Morgan fingerprint density at radius 2 is 1.76 bits per heavy atom. The maximum atomic E-state index is 13.0. The van der Waals surface area contributed by atoms with Gasteiger partial charge in [0.05, 0.1) is 11.3 Å². The summed E-state index contributed by atoms with van der Waals surface area (Å²) in [5.41, 5.74) is 4.20. The van der Waals surface area contributed by atoms with Crippen molar-refractivity contribution in [2.45, 2.75) is 56.0 Å². The molecule has 1 aromatic heterocycles. The quantitative estimate of drug-likeness (QED) is 0.464. The molecule has 33 heavy (non-hydrogen) atoms. The number of aromatic nitrogens is 1. The van der Waals surface area contributed by atoms with Crippen LogP contribution in [0.1, 0.15) is 46.5 Å². The molecule has 0 aliphatic carbocycles. The van der Waals surface area contributed by atoms with Gasteiger partial charge in [0.2, 0.25) is 10.0 Å². The SMILES string of the molecule is Cc1ccc(Sc2ncccc2C(=O)NCc2ccccc2CS(=O)(=O)NC(C)C)c(C)c1. The number of sulfonamides is 1. The molecule has 0 unspecified atom stereocenters. The molecule has 3 rings (SSSR count). The first-order valence-electron chi connectivity index (χ1n) is 10.7. The number of carbonyl (C=O) groups is 1. The predicted octanol–water partition coefficient (Wildman–Crippen LogP) is 4.61. The van der Waals surface area contributed by atoms with E-state index in [9.17, 15) is 13.2 Å². The zero-order chi connectivity index (χ0) is 24.0. The molecule has 0 fully saturated rings. The predicted molar refractivity (Wildman–Crippen MR) is 133 cm³/mol. The summed E-state index contributed by atoms with van der Waals surface area (Å²) >= 11 is 1.46. The number of hydrogen-bond acceptors (Lipinski definition) is 5. The van der Waals surface area contributed by atoms with Gasteiger partial charge < -0.3 is 5.32 Å². The van der Waals surface area contributed by atoms with Crippen molar-refractivity contribution in [1.29, 1.82) is 0 Å². The van der Waals surface area contributed by atoms with E-state index >= 15 is 0 Å². The molecule has 3 aromatic rings. The maximum Gasteiger partial charge on any atom is 0.254 e.